The van der Waals surface area contributed by atoms with Crippen LogP contribution in [0.5, 0.6) is 0 Å². The van der Waals surface area contributed by atoms with Crippen molar-refractivity contribution in [3.63, 3.8) is 0 Å². The first-order valence-electron chi connectivity index (χ1n) is 7.22. The molecule has 0 aliphatic carbocycles. The maximum atomic E-state index is 5.75. The van der Waals surface area contributed by atoms with Crippen LogP contribution in [0.1, 0.15) is 23.1 Å². The summed E-state index contributed by atoms with van der Waals surface area (Å²) in [6.45, 7) is 2.42. The average molecular weight is 269 g/mol. The van der Waals surface area contributed by atoms with Crippen LogP contribution in [0, 0.1) is 0 Å². The van der Waals surface area contributed by atoms with Gasteiger partial charge in [-0.25, -0.2) is 0 Å². The Morgan fingerprint density at radius 3 is 2.45 bits per heavy atom. The summed E-state index contributed by atoms with van der Waals surface area (Å²) in [7, 11) is 1.97. The third-order valence-corrected chi connectivity index (χ3v) is 3.24. The van der Waals surface area contributed by atoms with E-state index >= 15 is 0 Å². The lowest BCUT2D eigenvalue weighted by molar-refractivity contribution is 0.118. The van der Waals surface area contributed by atoms with E-state index in [1.807, 2.05) is 7.05 Å². The molecule has 0 aliphatic heterocycles. The molecule has 0 amide bonds. The van der Waals surface area contributed by atoms with E-state index in [1.54, 1.807) is 0 Å². The number of nitrogens with one attached hydrogen (secondary N) is 1. The molecule has 0 bridgehead atoms. The van der Waals surface area contributed by atoms with Gasteiger partial charge in [-0.1, -0.05) is 54.6 Å². The van der Waals surface area contributed by atoms with E-state index in [2.05, 4.69) is 59.9 Å². The zero-order chi connectivity index (χ0) is 14.0. The molecule has 2 nitrogen and oxygen atoms in total. The molecule has 0 aliphatic rings. The van der Waals surface area contributed by atoms with E-state index in [0.29, 0.717) is 6.61 Å². The molecule has 0 heterocycles. The molecular formula is C18H23NO. The third-order valence-electron chi connectivity index (χ3n) is 3.24. The molecule has 106 valence electrons. The Labute approximate surface area is 121 Å². The van der Waals surface area contributed by atoms with Gasteiger partial charge in [0.2, 0.25) is 0 Å². The number of hydrogen-bond acceptors (Lipinski definition) is 2. The van der Waals surface area contributed by atoms with Gasteiger partial charge in [0.05, 0.1) is 6.61 Å². The van der Waals surface area contributed by atoms with Gasteiger partial charge in [0.15, 0.2) is 0 Å². The number of aryl methyl sites for hydroxylation is 1. The first-order chi connectivity index (χ1) is 9.88. The maximum absolute atomic E-state index is 5.75. The highest BCUT2D eigenvalue weighted by Gasteiger charge is 1.97. The lowest BCUT2D eigenvalue weighted by Gasteiger charge is -2.07. The third kappa shape index (κ3) is 5.16. The summed E-state index contributed by atoms with van der Waals surface area (Å²) in [5.41, 5.74) is 3.93. The van der Waals surface area contributed by atoms with Gasteiger partial charge in [-0.05, 0) is 36.6 Å². The van der Waals surface area contributed by atoms with Gasteiger partial charge in [-0.2, -0.15) is 0 Å². The molecule has 2 rings (SSSR count). The molecule has 0 atom stereocenters. The van der Waals surface area contributed by atoms with Gasteiger partial charge < -0.3 is 10.1 Å². The van der Waals surface area contributed by atoms with E-state index < -0.39 is 0 Å². The van der Waals surface area contributed by atoms with E-state index in [-0.39, 0.29) is 0 Å². The van der Waals surface area contributed by atoms with Crippen molar-refractivity contribution in [3.05, 3.63) is 71.3 Å². The fraction of sp³-hybridized carbons (Fsp3) is 0.333. The smallest absolute Gasteiger partial charge is 0.0716 e. The molecule has 0 aromatic heterocycles. The molecule has 2 aromatic carbocycles. The standard InChI is InChI=1S/C18H23NO/c1-19-14-17-9-5-10-18(13-17)15-20-12-6-11-16-7-3-2-4-8-16/h2-5,7-10,13,19H,6,11-12,14-15H2,1H3. The molecule has 0 saturated carbocycles. The fourth-order valence-electron chi connectivity index (χ4n) is 2.25. The van der Waals surface area contributed by atoms with E-state index in [1.165, 1.54) is 16.7 Å². The molecule has 0 saturated heterocycles. The van der Waals surface area contributed by atoms with E-state index in [4.69, 9.17) is 4.74 Å². The van der Waals surface area contributed by atoms with Gasteiger partial charge in [-0.15, -0.1) is 0 Å². The van der Waals surface area contributed by atoms with Gasteiger partial charge in [0, 0.05) is 13.2 Å². The van der Waals surface area contributed by atoms with Crippen molar-refractivity contribution in [3.8, 4) is 0 Å². The quantitative estimate of drug-likeness (QED) is 0.740. The lowest BCUT2D eigenvalue weighted by Crippen LogP contribution is -2.05. The van der Waals surface area contributed by atoms with Crippen LogP contribution in [0.2, 0.25) is 0 Å². The molecule has 0 fully saturated rings. The van der Waals surface area contributed by atoms with Crippen molar-refractivity contribution in [1.82, 2.24) is 5.32 Å². The van der Waals surface area contributed by atoms with Crippen LogP contribution >= 0.6 is 0 Å². The Morgan fingerprint density at radius 1 is 0.900 bits per heavy atom. The van der Waals surface area contributed by atoms with Crippen molar-refractivity contribution >= 4 is 0 Å². The highest BCUT2D eigenvalue weighted by atomic mass is 16.5. The Morgan fingerprint density at radius 2 is 1.65 bits per heavy atom. The number of ether oxygens (including phenoxy) is 1. The van der Waals surface area contributed by atoms with Crippen LogP contribution in [-0.4, -0.2) is 13.7 Å². The summed E-state index contributed by atoms with van der Waals surface area (Å²) >= 11 is 0. The molecule has 2 heteroatoms. The van der Waals surface area contributed by atoms with Crippen LogP contribution in [-0.2, 0) is 24.3 Å². The lowest BCUT2D eigenvalue weighted by atomic mass is 10.1. The highest BCUT2D eigenvalue weighted by molar-refractivity contribution is 5.22. The first kappa shape index (κ1) is 14.8. The van der Waals surface area contributed by atoms with Crippen LogP contribution in [0.25, 0.3) is 0 Å². The van der Waals surface area contributed by atoms with Crippen LogP contribution in [0.3, 0.4) is 0 Å². The minimum absolute atomic E-state index is 0.701. The van der Waals surface area contributed by atoms with Gasteiger partial charge in [0.25, 0.3) is 0 Å². The largest absolute Gasteiger partial charge is 0.377 e. The molecule has 2 aromatic rings. The Hall–Kier alpha value is -1.64. The average Bonchev–Trinajstić information content (AvgIpc) is 2.49. The molecule has 0 radical (unpaired) electrons. The fourth-order valence-corrected chi connectivity index (χ4v) is 2.25. The second kappa shape index (κ2) is 8.51. The minimum atomic E-state index is 0.701. The molecular weight excluding hydrogens is 246 g/mol. The Balaban J connectivity index is 1.67. The van der Waals surface area contributed by atoms with Gasteiger partial charge in [0.1, 0.15) is 0 Å². The summed E-state index contributed by atoms with van der Waals surface area (Å²) in [4.78, 5) is 0. The monoisotopic (exact) mass is 269 g/mol. The summed E-state index contributed by atoms with van der Waals surface area (Å²) in [6.07, 6.45) is 2.15. The predicted molar refractivity (Wildman–Crippen MR) is 83.6 cm³/mol. The molecule has 0 spiro atoms. The van der Waals surface area contributed by atoms with Crippen LogP contribution in [0.15, 0.2) is 54.6 Å². The summed E-state index contributed by atoms with van der Waals surface area (Å²) in [5, 5.41) is 3.16. The molecule has 20 heavy (non-hydrogen) atoms. The number of hydrogen-bond donors (Lipinski definition) is 1. The Kier molecular flexibility index (Phi) is 6.28. The highest BCUT2D eigenvalue weighted by Crippen LogP contribution is 2.08. The van der Waals surface area contributed by atoms with Gasteiger partial charge >= 0.3 is 0 Å². The summed E-state index contributed by atoms with van der Waals surface area (Å²) in [6, 6.07) is 19.1. The van der Waals surface area contributed by atoms with E-state index in [0.717, 1.165) is 26.0 Å². The van der Waals surface area contributed by atoms with Crippen molar-refractivity contribution in [1.29, 1.82) is 0 Å². The van der Waals surface area contributed by atoms with Crippen LogP contribution in [0.4, 0.5) is 0 Å². The Bertz CT molecular complexity index is 496. The normalized spacial score (nSPS) is 10.7. The minimum Gasteiger partial charge on any atom is -0.377 e. The first-order valence-corrected chi connectivity index (χ1v) is 7.22. The second-order valence-corrected chi connectivity index (χ2v) is 4.99. The number of benzene rings is 2. The predicted octanol–water partition coefficient (Wildman–Crippen LogP) is 3.56. The van der Waals surface area contributed by atoms with Gasteiger partial charge in [-0.3, -0.25) is 0 Å². The molecule has 0 unspecified atom stereocenters. The van der Waals surface area contributed by atoms with Crippen molar-refractivity contribution in [2.45, 2.75) is 26.0 Å². The zero-order valence-corrected chi connectivity index (χ0v) is 12.1. The maximum Gasteiger partial charge on any atom is 0.0716 e. The topological polar surface area (TPSA) is 21.3 Å². The van der Waals surface area contributed by atoms with Crippen LogP contribution < -0.4 is 5.32 Å². The molecule has 1 N–H and O–H groups in total. The summed E-state index contributed by atoms with van der Waals surface area (Å²) < 4.78 is 5.75. The number of rotatable bonds is 8. The second-order valence-electron chi connectivity index (χ2n) is 4.99. The van der Waals surface area contributed by atoms with Crippen molar-refractivity contribution < 1.29 is 4.74 Å². The van der Waals surface area contributed by atoms with E-state index in [9.17, 15) is 0 Å². The van der Waals surface area contributed by atoms with Crippen molar-refractivity contribution in [2.24, 2.45) is 0 Å². The van der Waals surface area contributed by atoms with Crippen molar-refractivity contribution in [2.75, 3.05) is 13.7 Å². The zero-order valence-electron chi connectivity index (χ0n) is 12.1. The SMILES string of the molecule is CNCc1cccc(COCCCc2ccccc2)c1. The summed E-state index contributed by atoms with van der Waals surface area (Å²) in [5.74, 6) is 0.